The third-order valence-corrected chi connectivity index (χ3v) is 12.0. The molecule has 0 N–H and O–H groups in total. The average Bonchev–Trinajstić information content (AvgIpc) is 3.66. The van der Waals surface area contributed by atoms with Gasteiger partial charge in [0, 0.05) is 38.8 Å². The van der Waals surface area contributed by atoms with Crippen LogP contribution in [0.15, 0.2) is 231 Å². The molecule has 11 rings (SSSR count). The van der Waals surface area contributed by atoms with E-state index in [-0.39, 0.29) is 5.78 Å². The van der Waals surface area contributed by atoms with Gasteiger partial charge in [0.2, 0.25) is 0 Å². The summed E-state index contributed by atoms with van der Waals surface area (Å²) in [5, 5.41) is 2.38. The van der Waals surface area contributed by atoms with E-state index >= 15 is 0 Å². The van der Waals surface area contributed by atoms with Crippen LogP contribution >= 0.6 is 0 Å². The van der Waals surface area contributed by atoms with Crippen molar-refractivity contribution < 1.29 is 4.79 Å². The van der Waals surface area contributed by atoms with E-state index in [1.54, 1.807) is 0 Å². The van der Waals surface area contributed by atoms with Crippen LogP contribution in [0.4, 0.5) is 17.1 Å². The van der Waals surface area contributed by atoms with Gasteiger partial charge in [-0.2, -0.15) is 0 Å². The fourth-order valence-electron chi connectivity index (χ4n) is 9.54. The minimum atomic E-state index is -0.704. The van der Waals surface area contributed by atoms with Gasteiger partial charge in [0.1, 0.15) is 0 Å². The minimum Gasteiger partial charge on any atom is -0.310 e. The predicted molar refractivity (Wildman–Crippen MR) is 243 cm³/mol. The average molecular weight is 755 g/mol. The summed E-state index contributed by atoms with van der Waals surface area (Å²) in [6, 6.07) is 81.1. The SMILES string of the molecule is O=C(c1ccc(-c2ccccc2)cc1)c1cccc(N2c3ccccc3C(c3ccccc3)(c3ccccc3)c3c2ccc2c3c3ccccc3n2-c2ccccc2)c1. The number of nitrogens with zero attached hydrogens (tertiary/aromatic N) is 2. The van der Waals surface area contributed by atoms with Crippen LogP contribution in [0.25, 0.3) is 38.6 Å². The molecule has 1 aliphatic rings. The largest absolute Gasteiger partial charge is 0.310 e. The highest BCUT2D eigenvalue weighted by atomic mass is 16.1. The molecule has 3 heteroatoms. The number of aromatic nitrogens is 1. The predicted octanol–water partition coefficient (Wildman–Crippen LogP) is 13.8. The van der Waals surface area contributed by atoms with Crippen LogP contribution in [0, 0.1) is 0 Å². The number of carbonyl (C=O) groups is 1. The van der Waals surface area contributed by atoms with Gasteiger partial charge in [-0.05, 0) is 76.3 Å². The van der Waals surface area contributed by atoms with Crippen molar-refractivity contribution in [3.63, 3.8) is 0 Å². The van der Waals surface area contributed by atoms with Gasteiger partial charge in [-0.25, -0.2) is 0 Å². The van der Waals surface area contributed by atoms with Gasteiger partial charge in [-0.3, -0.25) is 4.79 Å². The van der Waals surface area contributed by atoms with Gasteiger partial charge in [0.15, 0.2) is 5.78 Å². The topological polar surface area (TPSA) is 25.2 Å². The molecular weight excluding hydrogens is 717 g/mol. The highest BCUT2D eigenvalue weighted by Gasteiger charge is 2.48. The molecule has 0 bridgehead atoms. The first-order valence-corrected chi connectivity index (χ1v) is 20.1. The number of benzene rings is 9. The normalized spacial score (nSPS) is 12.9. The Labute approximate surface area is 343 Å². The van der Waals surface area contributed by atoms with Crippen LogP contribution in [-0.4, -0.2) is 10.4 Å². The van der Waals surface area contributed by atoms with Gasteiger partial charge in [0.25, 0.3) is 0 Å². The highest BCUT2D eigenvalue weighted by molar-refractivity contribution is 6.15. The number of fused-ring (bicyclic) bond motifs is 6. The maximum Gasteiger partial charge on any atom is 0.193 e. The molecular formula is C56H38N2O. The second-order valence-electron chi connectivity index (χ2n) is 15.2. The molecule has 0 atom stereocenters. The van der Waals surface area contributed by atoms with E-state index in [2.05, 4.69) is 185 Å². The lowest BCUT2D eigenvalue weighted by Gasteiger charge is -2.47. The molecule has 0 unspecified atom stereocenters. The fraction of sp³-hybridized carbons (Fsp3) is 0.0179. The molecule has 0 saturated heterocycles. The van der Waals surface area contributed by atoms with Crippen molar-refractivity contribution in [3.05, 3.63) is 264 Å². The molecule has 278 valence electrons. The number of ketones is 1. The molecule has 0 radical (unpaired) electrons. The van der Waals surface area contributed by atoms with Crippen molar-refractivity contribution in [2.45, 2.75) is 5.41 Å². The summed E-state index contributed by atoms with van der Waals surface area (Å²) < 4.78 is 2.40. The standard InChI is InChI=1S/C56H38N2O/c59-55(41-34-32-40(33-35-41)39-18-5-1-6-19-39)42-20-17-27-46(38-42)58-50-31-16-14-29-48(50)56(43-21-7-2-8-22-43,44-23-9-3-10-24-44)54-52(58)37-36-51-53(54)47-28-13-15-30-49(47)57(51)45-25-11-4-12-26-45/h1-38H. The van der Waals surface area contributed by atoms with Gasteiger partial charge in [0.05, 0.1) is 27.8 Å². The Morgan fingerprint density at radius 1 is 0.407 bits per heavy atom. The van der Waals surface area contributed by atoms with Crippen molar-refractivity contribution in [2.75, 3.05) is 4.90 Å². The van der Waals surface area contributed by atoms with Crippen LogP contribution in [-0.2, 0) is 5.41 Å². The molecule has 0 fully saturated rings. The zero-order chi connectivity index (χ0) is 39.3. The smallest absolute Gasteiger partial charge is 0.193 e. The van der Waals surface area contributed by atoms with E-state index in [0.717, 1.165) is 44.9 Å². The number of hydrogen-bond acceptors (Lipinski definition) is 2. The van der Waals surface area contributed by atoms with Crippen LogP contribution < -0.4 is 4.90 Å². The lowest BCUT2D eigenvalue weighted by Crippen LogP contribution is -2.38. The number of hydrogen-bond donors (Lipinski definition) is 0. The number of rotatable bonds is 7. The molecule has 0 saturated carbocycles. The quantitative estimate of drug-likeness (QED) is 0.151. The van der Waals surface area contributed by atoms with Crippen LogP contribution in [0.5, 0.6) is 0 Å². The summed E-state index contributed by atoms with van der Waals surface area (Å²) >= 11 is 0. The van der Waals surface area contributed by atoms with E-state index in [0.29, 0.717) is 11.1 Å². The summed E-state index contributed by atoms with van der Waals surface area (Å²) in [5.41, 5.74) is 14.0. The summed E-state index contributed by atoms with van der Waals surface area (Å²) in [6.07, 6.45) is 0. The van der Waals surface area contributed by atoms with Crippen molar-refractivity contribution in [2.24, 2.45) is 0 Å². The molecule has 1 aliphatic heterocycles. The zero-order valence-corrected chi connectivity index (χ0v) is 32.2. The molecule has 0 amide bonds. The summed E-state index contributed by atoms with van der Waals surface area (Å²) in [7, 11) is 0. The molecule has 1 aromatic heterocycles. The van der Waals surface area contributed by atoms with Crippen LogP contribution in [0.3, 0.4) is 0 Å². The number of anilines is 3. The highest BCUT2D eigenvalue weighted by Crippen LogP contribution is 2.60. The van der Waals surface area contributed by atoms with Crippen molar-refractivity contribution in [1.82, 2.24) is 4.57 Å². The zero-order valence-electron chi connectivity index (χ0n) is 32.2. The Morgan fingerprint density at radius 2 is 0.983 bits per heavy atom. The van der Waals surface area contributed by atoms with Crippen LogP contribution in [0.2, 0.25) is 0 Å². The summed E-state index contributed by atoms with van der Waals surface area (Å²) in [5.74, 6) is -0.0127. The van der Waals surface area contributed by atoms with E-state index in [9.17, 15) is 4.79 Å². The molecule has 0 aliphatic carbocycles. The molecule has 3 nitrogen and oxygen atoms in total. The van der Waals surface area contributed by atoms with Crippen molar-refractivity contribution in [1.29, 1.82) is 0 Å². The number of para-hydroxylation sites is 3. The summed E-state index contributed by atoms with van der Waals surface area (Å²) in [6.45, 7) is 0. The van der Waals surface area contributed by atoms with Gasteiger partial charge in [-0.15, -0.1) is 0 Å². The fourth-order valence-corrected chi connectivity index (χ4v) is 9.54. The van der Waals surface area contributed by atoms with E-state index < -0.39 is 5.41 Å². The maximum absolute atomic E-state index is 14.3. The minimum absolute atomic E-state index is 0.0127. The van der Waals surface area contributed by atoms with Crippen molar-refractivity contribution in [3.8, 4) is 16.8 Å². The van der Waals surface area contributed by atoms with E-state index in [1.165, 1.54) is 33.0 Å². The lowest BCUT2D eigenvalue weighted by molar-refractivity contribution is 0.103. The van der Waals surface area contributed by atoms with Gasteiger partial charge >= 0.3 is 0 Å². The van der Waals surface area contributed by atoms with Gasteiger partial charge in [-0.1, -0.05) is 182 Å². The van der Waals surface area contributed by atoms with Crippen molar-refractivity contribution >= 4 is 44.7 Å². The lowest BCUT2D eigenvalue weighted by atomic mass is 9.61. The summed E-state index contributed by atoms with van der Waals surface area (Å²) in [4.78, 5) is 16.7. The Balaban J connectivity index is 1.20. The second kappa shape index (κ2) is 14.0. The maximum atomic E-state index is 14.3. The molecule has 59 heavy (non-hydrogen) atoms. The third-order valence-electron chi connectivity index (χ3n) is 12.0. The van der Waals surface area contributed by atoms with E-state index in [1.807, 2.05) is 54.6 Å². The molecule has 0 spiro atoms. The number of carbonyl (C=O) groups excluding carboxylic acids is 1. The first-order chi connectivity index (χ1) is 29.2. The molecule has 9 aromatic carbocycles. The first kappa shape index (κ1) is 34.5. The van der Waals surface area contributed by atoms with Crippen LogP contribution in [0.1, 0.15) is 38.2 Å². The Bertz CT molecular complexity index is 3110. The molecule has 10 aromatic rings. The Morgan fingerprint density at radius 3 is 1.69 bits per heavy atom. The Kier molecular flexibility index (Phi) is 8.20. The second-order valence-corrected chi connectivity index (χ2v) is 15.2. The first-order valence-electron chi connectivity index (χ1n) is 20.1. The third kappa shape index (κ3) is 5.40. The monoisotopic (exact) mass is 754 g/mol. The van der Waals surface area contributed by atoms with E-state index in [4.69, 9.17) is 0 Å². The molecule has 2 heterocycles. The van der Waals surface area contributed by atoms with Gasteiger partial charge < -0.3 is 9.47 Å². The Hall–Kier alpha value is -7.75.